The minimum absolute atomic E-state index is 0.0443. The molecular formula is C11H16N4O2S. The molecule has 1 aromatic heterocycles. The van der Waals surface area contributed by atoms with Crippen molar-refractivity contribution in [2.75, 3.05) is 31.2 Å². The summed E-state index contributed by atoms with van der Waals surface area (Å²) in [5.74, 6) is 0.174. The summed E-state index contributed by atoms with van der Waals surface area (Å²) in [6.07, 6.45) is 0.845. The normalized spacial score (nSPS) is 24.1. The Morgan fingerprint density at radius 2 is 2.33 bits per heavy atom. The first-order valence-electron chi connectivity index (χ1n) is 6.15. The van der Waals surface area contributed by atoms with E-state index >= 15 is 0 Å². The lowest BCUT2D eigenvalue weighted by atomic mass is 10.1. The molecule has 1 N–H and O–H groups in total. The Labute approximate surface area is 109 Å². The van der Waals surface area contributed by atoms with Crippen LogP contribution in [0.25, 0.3) is 0 Å². The highest BCUT2D eigenvalue weighted by Gasteiger charge is 2.32. The number of carbonyl (C=O) groups is 1. The van der Waals surface area contributed by atoms with Gasteiger partial charge in [0.1, 0.15) is 5.01 Å². The van der Waals surface area contributed by atoms with Crippen molar-refractivity contribution in [1.29, 1.82) is 0 Å². The summed E-state index contributed by atoms with van der Waals surface area (Å²) in [6, 6.07) is 0.238. The van der Waals surface area contributed by atoms with Crippen molar-refractivity contribution >= 4 is 22.4 Å². The lowest BCUT2D eigenvalue weighted by Crippen LogP contribution is -2.60. The summed E-state index contributed by atoms with van der Waals surface area (Å²) in [5.41, 5.74) is 0. The number of aromatic nitrogens is 2. The van der Waals surface area contributed by atoms with Crippen LogP contribution in [0.2, 0.25) is 0 Å². The smallest absolute Gasteiger partial charge is 0.225 e. The number of aryl methyl sites for hydroxylation is 1. The molecule has 2 aliphatic rings. The lowest BCUT2D eigenvalue weighted by Gasteiger charge is -2.39. The average Bonchev–Trinajstić information content (AvgIpc) is 2.93. The van der Waals surface area contributed by atoms with Crippen LogP contribution in [0.5, 0.6) is 0 Å². The van der Waals surface area contributed by atoms with Gasteiger partial charge in [0.25, 0.3) is 0 Å². The molecule has 0 spiro atoms. The van der Waals surface area contributed by atoms with E-state index in [1.165, 1.54) is 0 Å². The molecule has 18 heavy (non-hydrogen) atoms. The van der Waals surface area contributed by atoms with Gasteiger partial charge in [0, 0.05) is 19.7 Å². The number of nitrogens with zero attached hydrogens (tertiary/aromatic N) is 3. The maximum Gasteiger partial charge on any atom is 0.225 e. The van der Waals surface area contributed by atoms with E-state index in [9.17, 15) is 4.79 Å². The van der Waals surface area contributed by atoms with Crippen molar-refractivity contribution in [2.24, 2.45) is 5.92 Å². The summed E-state index contributed by atoms with van der Waals surface area (Å²) in [4.78, 5) is 14.0. The fourth-order valence-electron chi connectivity index (χ4n) is 2.20. The quantitative estimate of drug-likeness (QED) is 0.847. The summed E-state index contributed by atoms with van der Waals surface area (Å²) in [7, 11) is 0. The fraction of sp³-hybridized carbons (Fsp3) is 0.727. The maximum atomic E-state index is 11.9. The van der Waals surface area contributed by atoms with Crippen LogP contribution in [0.3, 0.4) is 0 Å². The van der Waals surface area contributed by atoms with Crippen molar-refractivity contribution < 1.29 is 9.53 Å². The Kier molecular flexibility index (Phi) is 3.17. The lowest BCUT2D eigenvalue weighted by molar-refractivity contribution is -0.125. The monoisotopic (exact) mass is 268 g/mol. The Hall–Kier alpha value is -1.21. The number of hydrogen-bond acceptors (Lipinski definition) is 6. The highest BCUT2D eigenvalue weighted by atomic mass is 32.1. The SMILES string of the molecule is Cc1nnc(N2CC(NC(=O)C3CCOC3)C2)s1. The molecule has 0 bridgehead atoms. The van der Waals surface area contributed by atoms with E-state index in [0.29, 0.717) is 13.2 Å². The molecule has 3 heterocycles. The number of amides is 1. The van der Waals surface area contributed by atoms with E-state index in [-0.39, 0.29) is 17.9 Å². The summed E-state index contributed by atoms with van der Waals surface area (Å²) in [6.45, 7) is 4.87. The predicted octanol–water partition coefficient (Wildman–Crippen LogP) is 0.188. The molecule has 98 valence electrons. The van der Waals surface area contributed by atoms with Crippen molar-refractivity contribution in [1.82, 2.24) is 15.5 Å². The van der Waals surface area contributed by atoms with E-state index in [4.69, 9.17) is 4.74 Å². The van der Waals surface area contributed by atoms with Gasteiger partial charge in [-0.2, -0.15) is 0 Å². The van der Waals surface area contributed by atoms with Gasteiger partial charge >= 0.3 is 0 Å². The topological polar surface area (TPSA) is 67.4 Å². The van der Waals surface area contributed by atoms with E-state index in [1.807, 2.05) is 6.92 Å². The van der Waals surface area contributed by atoms with Gasteiger partial charge in [0.2, 0.25) is 11.0 Å². The number of nitrogens with one attached hydrogen (secondary N) is 1. The molecule has 7 heteroatoms. The number of rotatable bonds is 3. The van der Waals surface area contributed by atoms with Crippen LogP contribution in [0.4, 0.5) is 5.13 Å². The number of carbonyl (C=O) groups excluding carboxylic acids is 1. The zero-order chi connectivity index (χ0) is 12.5. The molecule has 1 amide bonds. The number of hydrogen-bond donors (Lipinski definition) is 1. The molecule has 2 saturated heterocycles. The Morgan fingerprint density at radius 3 is 2.94 bits per heavy atom. The fourth-order valence-corrected chi connectivity index (χ4v) is 2.91. The van der Waals surface area contributed by atoms with Gasteiger partial charge in [0.15, 0.2) is 0 Å². The minimum atomic E-state index is 0.0443. The number of anilines is 1. The van der Waals surface area contributed by atoms with Gasteiger partial charge in [-0.25, -0.2) is 0 Å². The van der Waals surface area contributed by atoms with E-state index in [2.05, 4.69) is 20.4 Å². The van der Waals surface area contributed by atoms with Gasteiger partial charge in [-0.15, -0.1) is 10.2 Å². The summed E-state index contributed by atoms with van der Waals surface area (Å²) in [5, 5.41) is 13.1. The predicted molar refractivity (Wildman–Crippen MR) is 67.7 cm³/mol. The van der Waals surface area contributed by atoms with Crippen LogP contribution < -0.4 is 10.2 Å². The van der Waals surface area contributed by atoms with Crippen LogP contribution in [0.15, 0.2) is 0 Å². The molecule has 1 aromatic rings. The zero-order valence-corrected chi connectivity index (χ0v) is 11.1. The molecule has 2 aliphatic heterocycles. The molecule has 1 unspecified atom stereocenters. The molecular weight excluding hydrogens is 252 g/mol. The third-order valence-electron chi connectivity index (χ3n) is 3.31. The summed E-state index contributed by atoms with van der Waals surface area (Å²) >= 11 is 1.59. The molecule has 1 atom stereocenters. The van der Waals surface area contributed by atoms with E-state index in [1.54, 1.807) is 11.3 Å². The molecule has 0 radical (unpaired) electrons. The van der Waals surface area contributed by atoms with Gasteiger partial charge < -0.3 is 15.0 Å². The van der Waals surface area contributed by atoms with Gasteiger partial charge in [-0.3, -0.25) is 4.79 Å². The Balaban J connectivity index is 1.46. The molecule has 2 fully saturated rings. The first kappa shape index (κ1) is 11.9. The van der Waals surface area contributed by atoms with Crippen molar-refractivity contribution in [3.05, 3.63) is 5.01 Å². The van der Waals surface area contributed by atoms with Crippen molar-refractivity contribution in [3.63, 3.8) is 0 Å². The second-order valence-corrected chi connectivity index (χ2v) is 5.93. The van der Waals surface area contributed by atoms with Crippen molar-refractivity contribution in [2.45, 2.75) is 19.4 Å². The summed E-state index contributed by atoms with van der Waals surface area (Å²) < 4.78 is 5.22. The highest BCUT2D eigenvalue weighted by Crippen LogP contribution is 2.24. The van der Waals surface area contributed by atoms with Crippen LogP contribution >= 0.6 is 11.3 Å². The molecule has 0 saturated carbocycles. The van der Waals surface area contributed by atoms with Gasteiger partial charge in [0.05, 0.1) is 18.6 Å². The minimum Gasteiger partial charge on any atom is -0.381 e. The largest absolute Gasteiger partial charge is 0.381 e. The standard InChI is InChI=1S/C11H16N4O2S/c1-7-13-14-11(18-7)15-4-9(5-15)12-10(16)8-2-3-17-6-8/h8-9H,2-6H2,1H3,(H,12,16). The van der Waals surface area contributed by atoms with E-state index in [0.717, 1.165) is 29.6 Å². The maximum absolute atomic E-state index is 11.9. The number of ether oxygens (including phenoxy) is 1. The first-order chi connectivity index (χ1) is 8.72. The molecule has 3 rings (SSSR count). The molecule has 0 aromatic carbocycles. The third kappa shape index (κ3) is 2.32. The molecule has 6 nitrogen and oxygen atoms in total. The Morgan fingerprint density at radius 1 is 1.50 bits per heavy atom. The van der Waals surface area contributed by atoms with E-state index < -0.39 is 0 Å². The van der Waals surface area contributed by atoms with Gasteiger partial charge in [-0.1, -0.05) is 11.3 Å². The average molecular weight is 268 g/mol. The third-order valence-corrected chi connectivity index (χ3v) is 4.21. The van der Waals surface area contributed by atoms with Gasteiger partial charge in [-0.05, 0) is 13.3 Å². The van der Waals surface area contributed by atoms with Crippen LogP contribution in [-0.2, 0) is 9.53 Å². The van der Waals surface area contributed by atoms with Crippen LogP contribution in [0, 0.1) is 12.8 Å². The van der Waals surface area contributed by atoms with Crippen LogP contribution in [-0.4, -0.2) is 48.4 Å². The first-order valence-corrected chi connectivity index (χ1v) is 6.97. The molecule has 0 aliphatic carbocycles. The van der Waals surface area contributed by atoms with Crippen molar-refractivity contribution in [3.8, 4) is 0 Å². The van der Waals surface area contributed by atoms with Crippen LogP contribution in [0.1, 0.15) is 11.4 Å². The zero-order valence-electron chi connectivity index (χ0n) is 10.3. The Bertz CT molecular complexity index is 438. The highest BCUT2D eigenvalue weighted by molar-refractivity contribution is 7.15. The second kappa shape index (κ2) is 4.81. The second-order valence-electron chi connectivity index (χ2n) is 4.77.